The van der Waals surface area contributed by atoms with Gasteiger partial charge in [-0.05, 0) is 84.6 Å². The Morgan fingerprint density at radius 2 is 1.58 bits per heavy atom. The van der Waals surface area contributed by atoms with Crippen LogP contribution in [0.4, 0.5) is 0 Å². The van der Waals surface area contributed by atoms with Gasteiger partial charge in [0.15, 0.2) is 0 Å². The Kier molecular flexibility index (Phi) is 4.89. The Bertz CT molecular complexity index is 1160. The molecule has 0 aromatic heterocycles. The van der Waals surface area contributed by atoms with Crippen LogP contribution in [0.25, 0.3) is 10.8 Å². The van der Waals surface area contributed by atoms with Crippen molar-refractivity contribution in [3.05, 3.63) is 77.4 Å². The summed E-state index contributed by atoms with van der Waals surface area (Å²) in [6.07, 6.45) is 8.30. The predicted molar refractivity (Wildman–Crippen MR) is 136 cm³/mol. The predicted octanol–water partition coefficient (Wildman–Crippen LogP) is 7.57. The van der Waals surface area contributed by atoms with Gasteiger partial charge in [0.25, 0.3) is 0 Å². The molecule has 4 atom stereocenters. The number of ether oxygens (including phenoxy) is 1. The quantitative estimate of drug-likeness (QED) is 0.428. The van der Waals surface area contributed by atoms with Gasteiger partial charge in [-0.3, -0.25) is 0 Å². The van der Waals surface area contributed by atoms with E-state index in [4.69, 9.17) is 4.74 Å². The van der Waals surface area contributed by atoms with Crippen molar-refractivity contribution in [2.75, 3.05) is 0 Å². The van der Waals surface area contributed by atoms with Crippen molar-refractivity contribution in [1.82, 2.24) is 5.32 Å². The Balaban J connectivity index is 1.29. The van der Waals surface area contributed by atoms with Gasteiger partial charge in [-0.1, -0.05) is 74.0 Å². The summed E-state index contributed by atoms with van der Waals surface area (Å²) in [5, 5.41) is 6.76. The van der Waals surface area contributed by atoms with Crippen LogP contribution in [0, 0.1) is 23.7 Å². The molecule has 4 saturated carbocycles. The number of aryl methyl sites for hydroxylation is 1. The Labute approximate surface area is 198 Å². The topological polar surface area (TPSA) is 21.3 Å². The van der Waals surface area contributed by atoms with E-state index in [1.165, 1.54) is 66.0 Å². The molecule has 33 heavy (non-hydrogen) atoms. The molecule has 0 saturated heterocycles. The van der Waals surface area contributed by atoms with E-state index >= 15 is 0 Å². The fraction of sp³-hybridized carbons (Fsp3) is 0.484. The van der Waals surface area contributed by atoms with Crippen LogP contribution < -0.4 is 10.1 Å². The summed E-state index contributed by atoms with van der Waals surface area (Å²) >= 11 is 0. The maximum absolute atomic E-state index is 6.44. The number of rotatable bonds is 6. The fourth-order valence-corrected chi connectivity index (χ4v) is 8.40. The largest absolute Gasteiger partial charge is 0.489 e. The summed E-state index contributed by atoms with van der Waals surface area (Å²) < 4.78 is 6.44. The lowest BCUT2D eigenvalue weighted by atomic mass is 9.43. The number of hydrogen-bond donors (Lipinski definition) is 1. The highest BCUT2D eigenvalue weighted by molar-refractivity contribution is 5.87. The molecular weight excluding hydrogens is 402 g/mol. The molecular formula is C31H37NO. The molecule has 2 unspecified atom stereocenters. The molecule has 7 rings (SSSR count). The van der Waals surface area contributed by atoms with Crippen molar-refractivity contribution >= 4 is 10.8 Å². The van der Waals surface area contributed by atoms with Crippen molar-refractivity contribution in [1.29, 1.82) is 0 Å². The standard InChI is InChI=1S/C31H37NO/c1-22-8-10-23(11-9-22)18-33-28-13-12-25-6-4-5-7-26(25)27(28)17-32-31-16-24-14-29(2,20-31)19-30(3,15-24)21-31/h4-13,24,32H,14-21H2,1-3H3/t24?,29-,30+,31?. The van der Waals surface area contributed by atoms with Gasteiger partial charge in [-0.2, -0.15) is 0 Å². The first-order valence-electron chi connectivity index (χ1n) is 12.8. The van der Waals surface area contributed by atoms with Crippen molar-refractivity contribution in [2.24, 2.45) is 16.7 Å². The van der Waals surface area contributed by atoms with E-state index in [0.717, 1.165) is 18.2 Å². The van der Waals surface area contributed by atoms with Crippen molar-refractivity contribution in [2.45, 2.75) is 78.0 Å². The Morgan fingerprint density at radius 3 is 2.30 bits per heavy atom. The number of hydrogen-bond acceptors (Lipinski definition) is 2. The van der Waals surface area contributed by atoms with E-state index in [9.17, 15) is 0 Å². The second-order valence-electron chi connectivity index (χ2n) is 12.3. The minimum atomic E-state index is 0.286. The van der Waals surface area contributed by atoms with Crippen LogP contribution in [0.3, 0.4) is 0 Å². The number of benzene rings is 3. The maximum Gasteiger partial charge on any atom is 0.124 e. The second-order valence-corrected chi connectivity index (χ2v) is 12.3. The molecule has 0 heterocycles. The minimum absolute atomic E-state index is 0.286. The lowest BCUT2D eigenvalue weighted by molar-refractivity contribution is -0.118. The summed E-state index contributed by atoms with van der Waals surface area (Å²) in [6.45, 7) is 8.72. The van der Waals surface area contributed by atoms with E-state index < -0.39 is 0 Å². The molecule has 0 aliphatic heterocycles. The van der Waals surface area contributed by atoms with Gasteiger partial charge in [0.05, 0.1) is 0 Å². The fourth-order valence-electron chi connectivity index (χ4n) is 8.40. The summed E-state index contributed by atoms with van der Waals surface area (Å²) in [5.41, 5.74) is 5.14. The average molecular weight is 440 g/mol. The Morgan fingerprint density at radius 1 is 0.848 bits per heavy atom. The molecule has 2 heteroatoms. The zero-order valence-corrected chi connectivity index (χ0v) is 20.4. The third-order valence-corrected chi connectivity index (χ3v) is 8.78. The molecule has 4 aliphatic rings. The third-order valence-electron chi connectivity index (χ3n) is 8.78. The lowest BCUT2D eigenvalue weighted by Gasteiger charge is -2.65. The van der Waals surface area contributed by atoms with Gasteiger partial charge in [0.2, 0.25) is 0 Å². The van der Waals surface area contributed by atoms with Gasteiger partial charge in [0, 0.05) is 17.6 Å². The number of nitrogens with one attached hydrogen (secondary N) is 1. The van der Waals surface area contributed by atoms with Crippen LogP contribution in [0.2, 0.25) is 0 Å². The van der Waals surface area contributed by atoms with Gasteiger partial charge >= 0.3 is 0 Å². The van der Waals surface area contributed by atoms with E-state index in [-0.39, 0.29) is 5.54 Å². The molecule has 4 bridgehead atoms. The first kappa shape index (κ1) is 21.2. The maximum atomic E-state index is 6.44. The van der Waals surface area contributed by atoms with Crippen LogP contribution in [-0.2, 0) is 13.2 Å². The first-order valence-corrected chi connectivity index (χ1v) is 12.8. The number of fused-ring (bicyclic) bond motifs is 1. The molecule has 0 spiro atoms. The van der Waals surface area contributed by atoms with E-state index in [2.05, 4.69) is 86.8 Å². The average Bonchev–Trinajstić information content (AvgIpc) is 2.75. The molecule has 0 radical (unpaired) electrons. The highest BCUT2D eigenvalue weighted by Crippen LogP contribution is 2.66. The molecule has 3 aromatic carbocycles. The van der Waals surface area contributed by atoms with Gasteiger partial charge in [0.1, 0.15) is 12.4 Å². The van der Waals surface area contributed by atoms with E-state index in [1.54, 1.807) is 0 Å². The monoisotopic (exact) mass is 439 g/mol. The van der Waals surface area contributed by atoms with Gasteiger partial charge < -0.3 is 10.1 Å². The van der Waals surface area contributed by atoms with E-state index in [1.807, 2.05) is 0 Å². The zero-order chi connectivity index (χ0) is 22.7. The Hall–Kier alpha value is -2.32. The molecule has 3 aromatic rings. The summed E-state index contributed by atoms with van der Waals surface area (Å²) in [7, 11) is 0. The smallest absolute Gasteiger partial charge is 0.124 e. The van der Waals surface area contributed by atoms with Crippen LogP contribution in [0.15, 0.2) is 60.7 Å². The van der Waals surface area contributed by atoms with Gasteiger partial charge in [-0.15, -0.1) is 0 Å². The minimum Gasteiger partial charge on any atom is -0.489 e. The second kappa shape index (κ2) is 7.60. The summed E-state index contributed by atoms with van der Waals surface area (Å²) in [4.78, 5) is 0. The van der Waals surface area contributed by atoms with Crippen LogP contribution in [-0.4, -0.2) is 5.54 Å². The summed E-state index contributed by atoms with van der Waals surface area (Å²) in [5.74, 6) is 1.91. The van der Waals surface area contributed by atoms with Crippen molar-refractivity contribution in [3.8, 4) is 5.75 Å². The first-order chi connectivity index (χ1) is 15.8. The third kappa shape index (κ3) is 3.97. The highest BCUT2D eigenvalue weighted by atomic mass is 16.5. The normalized spacial score (nSPS) is 32.4. The molecule has 2 nitrogen and oxygen atoms in total. The van der Waals surface area contributed by atoms with Crippen molar-refractivity contribution in [3.63, 3.8) is 0 Å². The summed E-state index contributed by atoms with van der Waals surface area (Å²) in [6, 6.07) is 21.8. The molecule has 1 N–H and O–H groups in total. The zero-order valence-electron chi connectivity index (χ0n) is 20.4. The lowest BCUT2D eigenvalue weighted by Crippen LogP contribution is -2.63. The molecule has 4 aliphatic carbocycles. The highest BCUT2D eigenvalue weighted by Gasteiger charge is 2.59. The van der Waals surface area contributed by atoms with Crippen molar-refractivity contribution < 1.29 is 4.74 Å². The van der Waals surface area contributed by atoms with Crippen LogP contribution in [0.1, 0.15) is 69.1 Å². The van der Waals surface area contributed by atoms with Gasteiger partial charge in [-0.25, -0.2) is 0 Å². The SMILES string of the molecule is Cc1ccc(COc2ccc3ccccc3c2CNC23CC4C[C@@](C)(C2)C[C@](C)(C4)C3)cc1. The van der Waals surface area contributed by atoms with E-state index in [0.29, 0.717) is 17.4 Å². The van der Waals surface area contributed by atoms with Crippen LogP contribution in [0.5, 0.6) is 5.75 Å². The van der Waals surface area contributed by atoms with Crippen LogP contribution >= 0.6 is 0 Å². The molecule has 172 valence electrons. The molecule has 4 fully saturated rings. The molecule has 0 amide bonds.